The highest BCUT2D eigenvalue weighted by molar-refractivity contribution is 7.09. The Bertz CT molecular complexity index is 1090. The van der Waals surface area contributed by atoms with Crippen LogP contribution in [-0.2, 0) is 24.1 Å². The number of aliphatic hydroxyl groups excluding tert-OH is 1. The SMILES string of the molecule is COc1ccc([C@H](O)NC2(C(=O)O)Cc3ccccc3C2)cc1OCCc1scnc1C. The Labute approximate surface area is 190 Å². The Balaban J connectivity index is 1.49. The molecule has 1 heterocycles. The number of nitrogens with zero attached hydrogens (tertiary/aromatic N) is 1. The van der Waals surface area contributed by atoms with Crippen LogP contribution in [0.15, 0.2) is 48.0 Å². The summed E-state index contributed by atoms with van der Waals surface area (Å²) in [6.45, 7) is 2.40. The first-order valence-corrected chi connectivity index (χ1v) is 11.3. The molecule has 0 spiro atoms. The van der Waals surface area contributed by atoms with E-state index in [-0.39, 0.29) is 0 Å². The van der Waals surface area contributed by atoms with E-state index < -0.39 is 17.7 Å². The van der Waals surface area contributed by atoms with Crippen LogP contribution in [0.2, 0.25) is 0 Å². The number of aryl methyl sites for hydroxylation is 1. The van der Waals surface area contributed by atoms with Crippen LogP contribution < -0.4 is 14.8 Å². The van der Waals surface area contributed by atoms with E-state index in [0.717, 1.165) is 21.7 Å². The van der Waals surface area contributed by atoms with Crippen molar-refractivity contribution in [3.63, 3.8) is 0 Å². The number of benzene rings is 2. The van der Waals surface area contributed by atoms with E-state index >= 15 is 0 Å². The van der Waals surface area contributed by atoms with E-state index in [1.807, 2.05) is 36.7 Å². The molecule has 1 aliphatic rings. The van der Waals surface area contributed by atoms with Gasteiger partial charge in [0.1, 0.15) is 11.8 Å². The second-order valence-electron chi connectivity index (χ2n) is 7.93. The van der Waals surface area contributed by atoms with Crippen LogP contribution in [0.1, 0.15) is 33.5 Å². The van der Waals surface area contributed by atoms with Crippen LogP contribution in [0.25, 0.3) is 0 Å². The van der Waals surface area contributed by atoms with Crippen molar-refractivity contribution in [2.45, 2.75) is 38.0 Å². The molecule has 1 aliphatic carbocycles. The number of thiazole rings is 1. The molecule has 4 rings (SSSR count). The molecule has 0 amide bonds. The van der Waals surface area contributed by atoms with Gasteiger partial charge in [0.25, 0.3) is 0 Å². The van der Waals surface area contributed by atoms with Crippen molar-refractivity contribution >= 4 is 17.3 Å². The molecule has 1 aromatic heterocycles. The summed E-state index contributed by atoms with van der Waals surface area (Å²) in [5.41, 5.74) is 4.00. The van der Waals surface area contributed by atoms with Crippen molar-refractivity contribution in [1.82, 2.24) is 10.3 Å². The number of fused-ring (bicyclic) bond motifs is 1. The standard InChI is InChI=1S/C24H26N2O5S/c1-15-21(32-14-25-15)9-10-31-20-11-16(7-8-19(20)30-2)22(27)26-24(23(28)29)12-17-5-3-4-6-18(17)13-24/h3-8,11,14,22,26-27H,9-10,12-13H2,1-2H3,(H,28,29)/t22-/m0/s1. The predicted molar refractivity (Wildman–Crippen MR) is 121 cm³/mol. The predicted octanol–water partition coefficient (Wildman–Crippen LogP) is 3.28. The number of carbonyl (C=O) groups is 1. The first-order chi connectivity index (χ1) is 15.4. The molecule has 0 bridgehead atoms. The van der Waals surface area contributed by atoms with Gasteiger partial charge in [-0.15, -0.1) is 11.3 Å². The maximum atomic E-state index is 12.2. The van der Waals surface area contributed by atoms with Gasteiger partial charge >= 0.3 is 5.97 Å². The molecule has 168 valence electrons. The van der Waals surface area contributed by atoms with Crippen LogP contribution in [0, 0.1) is 6.92 Å². The van der Waals surface area contributed by atoms with Gasteiger partial charge in [0.15, 0.2) is 11.5 Å². The van der Waals surface area contributed by atoms with Gasteiger partial charge < -0.3 is 19.7 Å². The zero-order valence-electron chi connectivity index (χ0n) is 18.0. The Morgan fingerprint density at radius 1 is 1.22 bits per heavy atom. The van der Waals surface area contributed by atoms with Crippen molar-refractivity contribution in [3.8, 4) is 11.5 Å². The van der Waals surface area contributed by atoms with Gasteiger partial charge in [0.2, 0.25) is 0 Å². The molecule has 8 heteroatoms. The zero-order valence-corrected chi connectivity index (χ0v) is 18.8. The summed E-state index contributed by atoms with van der Waals surface area (Å²) in [6.07, 6.45) is 0.148. The molecule has 0 fully saturated rings. The summed E-state index contributed by atoms with van der Waals surface area (Å²) >= 11 is 1.59. The molecule has 0 aliphatic heterocycles. The van der Waals surface area contributed by atoms with Gasteiger partial charge in [-0.1, -0.05) is 30.3 Å². The minimum Gasteiger partial charge on any atom is -0.493 e. The van der Waals surface area contributed by atoms with Gasteiger partial charge in [-0.2, -0.15) is 0 Å². The fourth-order valence-corrected chi connectivity index (χ4v) is 4.83. The molecule has 3 N–H and O–H groups in total. The molecule has 7 nitrogen and oxygen atoms in total. The average Bonchev–Trinajstić information content (AvgIpc) is 3.37. The van der Waals surface area contributed by atoms with Gasteiger partial charge in [0, 0.05) is 24.1 Å². The third-order valence-electron chi connectivity index (χ3n) is 5.86. The minimum absolute atomic E-state index is 0.309. The summed E-state index contributed by atoms with van der Waals surface area (Å²) in [7, 11) is 1.55. The fourth-order valence-electron chi connectivity index (χ4n) is 4.07. The maximum Gasteiger partial charge on any atom is 0.324 e. The van der Waals surface area contributed by atoms with Crippen molar-refractivity contribution in [2.24, 2.45) is 0 Å². The van der Waals surface area contributed by atoms with Gasteiger partial charge in [-0.25, -0.2) is 4.98 Å². The number of aromatic nitrogens is 1. The number of hydrogen-bond donors (Lipinski definition) is 3. The van der Waals surface area contributed by atoms with E-state index in [4.69, 9.17) is 9.47 Å². The van der Waals surface area contributed by atoms with Crippen LogP contribution in [0.3, 0.4) is 0 Å². The Kier molecular flexibility index (Phi) is 6.45. The number of aliphatic carboxylic acids is 1. The smallest absolute Gasteiger partial charge is 0.324 e. The van der Waals surface area contributed by atoms with E-state index in [2.05, 4.69) is 10.3 Å². The van der Waals surface area contributed by atoms with E-state index in [9.17, 15) is 15.0 Å². The number of aliphatic hydroxyl groups is 1. The van der Waals surface area contributed by atoms with Crippen LogP contribution in [0.4, 0.5) is 0 Å². The van der Waals surface area contributed by atoms with Crippen molar-refractivity contribution in [1.29, 1.82) is 0 Å². The lowest BCUT2D eigenvalue weighted by Gasteiger charge is -2.29. The summed E-state index contributed by atoms with van der Waals surface area (Å²) < 4.78 is 11.3. The van der Waals surface area contributed by atoms with E-state index in [0.29, 0.717) is 42.9 Å². The normalized spacial score (nSPS) is 15.2. The molecule has 0 unspecified atom stereocenters. The number of rotatable bonds is 9. The highest BCUT2D eigenvalue weighted by Gasteiger charge is 2.45. The van der Waals surface area contributed by atoms with Crippen molar-refractivity contribution < 1.29 is 24.5 Å². The van der Waals surface area contributed by atoms with Crippen molar-refractivity contribution in [3.05, 3.63) is 75.2 Å². The average molecular weight is 455 g/mol. The zero-order chi connectivity index (χ0) is 22.7. The Hall–Kier alpha value is -2.94. The summed E-state index contributed by atoms with van der Waals surface area (Å²) in [5, 5.41) is 23.8. The highest BCUT2D eigenvalue weighted by Crippen LogP contribution is 2.34. The molecule has 2 aromatic carbocycles. The summed E-state index contributed by atoms with van der Waals surface area (Å²) in [5.74, 6) is 0.0490. The number of nitrogens with one attached hydrogen (secondary N) is 1. The molecular weight excluding hydrogens is 428 g/mol. The first kappa shape index (κ1) is 22.3. The van der Waals surface area contributed by atoms with Crippen molar-refractivity contribution in [2.75, 3.05) is 13.7 Å². The Morgan fingerprint density at radius 3 is 2.53 bits per heavy atom. The van der Waals surface area contributed by atoms with Crippen LogP contribution in [-0.4, -0.2) is 40.4 Å². The first-order valence-electron chi connectivity index (χ1n) is 10.4. The third-order valence-corrected chi connectivity index (χ3v) is 6.86. The number of ether oxygens (including phenoxy) is 2. The van der Waals surface area contributed by atoms with Crippen LogP contribution in [0.5, 0.6) is 11.5 Å². The molecule has 1 atom stereocenters. The number of carboxylic acid groups (broad SMARTS) is 1. The largest absolute Gasteiger partial charge is 0.493 e. The number of methoxy groups -OCH3 is 1. The summed E-state index contributed by atoms with van der Waals surface area (Å²) in [4.78, 5) is 17.6. The molecule has 0 saturated carbocycles. The van der Waals surface area contributed by atoms with Crippen LogP contribution >= 0.6 is 11.3 Å². The van der Waals surface area contributed by atoms with Gasteiger partial charge in [0.05, 0.1) is 24.9 Å². The summed E-state index contributed by atoms with van der Waals surface area (Å²) in [6, 6.07) is 12.8. The maximum absolute atomic E-state index is 12.2. The van der Waals surface area contributed by atoms with E-state index in [1.54, 1.807) is 36.6 Å². The molecule has 0 saturated heterocycles. The second kappa shape index (κ2) is 9.28. The molecule has 32 heavy (non-hydrogen) atoms. The fraction of sp³-hybridized carbons (Fsp3) is 0.333. The lowest BCUT2D eigenvalue weighted by atomic mass is 9.95. The lowest BCUT2D eigenvalue weighted by molar-refractivity contribution is -0.146. The minimum atomic E-state index is -1.27. The van der Waals surface area contributed by atoms with Gasteiger partial charge in [-0.3, -0.25) is 10.1 Å². The topological polar surface area (TPSA) is 101 Å². The molecular formula is C24H26N2O5S. The molecule has 0 radical (unpaired) electrons. The highest BCUT2D eigenvalue weighted by atomic mass is 32.1. The number of hydrogen-bond acceptors (Lipinski definition) is 7. The Morgan fingerprint density at radius 2 is 1.94 bits per heavy atom. The number of carboxylic acids is 1. The lowest BCUT2D eigenvalue weighted by Crippen LogP contribution is -2.54. The monoisotopic (exact) mass is 454 g/mol. The van der Waals surface area contributed by atoms with E-state index in [1.165, 1.54) is 0 Å². The van der Waals surface area contributed by atoms with Gasteiger partial charge in [-0.05, 0) is 35.7 Å². The molecule has 3 aromatic rings. The third kappa shape index (κ3) is 4.48. The second-order valence-corrected chi connectivity index (χ2v) is 8.87. The quantitative estimate of drug-likeness (QED) is 0.427.